The number of carbonyl (C=O) groups excluding carboxylic acids is 1. The third-order valence-electron chi connectivity index (χ3n) is 5.21. The van der Waals surface area contributed by atoms with Crippen LogP contribution in [0, 0.1) is 6.92 Å². The van der Waals surface area contributed by atoms with E-state index in [-0.39, 0.29) is 24.4 Å². The van der Waals surface area contributed by atoms with E-state index in [0.29, 0.717) is 11.7 Å². The van der Waals surface area contributed by atoms with Gasteiger partial charge in [-0.2, -0.15) is 0 Å². The van der Waals surface area contributed by atoms with Crippen molar-refractivity contribution in [1.82, 2.24) is 20.3 Å². The van der Waals surface area contributed by atoms with Crippen molar-refractivity contribution in [2.45, 2.75) is 45.2 Å². The fraction of sp³-hybridized carbons (Fsp3) is 0.500. The molecule has 0 radical (unpaired) electrons. The zero-order chi connectivity index (χ0) is 16.7. The lowest BCUT2D eigenvalue weighted by molar-refractivity contribution is 0.0976. The molecule has 1 aromatic heterocycles. The average Bonchev–Trinajstić information content (AvgIpc) is 3.14. The van der Waals surface area contributed by atoms with Crippen LogP contribution in [-0.2, 0) is 6.42 Å². The Morgan fingerprint density at radius 3 is 2.72 bits per heavy atom. The highest BCUT2D eigenvalue weighted by Gasteiger charge is 2.34. The lowest BCUT2D eigenvalue weighted by Crippen LogP contribution is -2.36. The number of carbonyl (C=O) groups is 1. The third kappa shape index (κ3) is 3.04. The number of amides is 1. The van der Waals surface area contributed by atoms with Crippen LogP contribution in [0.3, 0.4) is 0 Å². The van der Waals surface area contributed by atoms with Crippen molar-refractivity contribution in [3.05, 3.63) is 41.2 Å². The van der Waals surface area contributed by atoms with Crippen molar-refractivity contribution in [2.75, 3.05) is 18.0 Å². The summed E-state index contributed by atoms with van der Waals surface area (Å²) in [4.78, 5) is 15.0. The minimum Gasteiger partial charge on any atom is -0.317 e. The van der Waals surface area contributed by atoms with Crippen molar-refractivity contribution in [3.63, 3.8) is 0 Å². The Balaban J connectivity index is 0.00000182. The van der Waals surface area contributed by atoms with E-state index in [0.717, 1.165) is 43.7 Å². The molecule has 134 valence electrons. The number of fused-ring (bicyclic) bond motifs is 1. The topological polar surface area (TPSA) is 63.1 Å². The Kier molecular flexibility index (Phi) is 5.11. The lowest BCUT2D eigenvalue weighted by atomic mass is 10.1. The molecule has 2 aliphatic heterocycles. The van der Waals surface area contributed by atoms with E-state index in [1.165, 1.54) is 5.56 Å². The second-order valence-corrected chi connectivity index (χ2v) is 6.81. The molecule has 1 fully saturated rings. The van der Waals surface area contributed by atoms with E-state index in [2.05, 4.69) is 28.6 Å². The summed E-state index contributed by atoms with van der Waals surface area (Å²) in [6.45, 7) is 6.03. The Morgan fingerprint density at radius 2 is 1.96 bits per heavy atom. The molecule has 2 aliphatic rings. The van der Waals surface area contributed by atoms with Gasteiger partial charge in [0, 0.05) is 11.7 Å². The fourth-order valence-corrected chi connectivity index (χ4v) is 3.93. The van der Waals surface area contributed by atoms with Gasteiger partial charge in [0.2, 0.25) is 0 Å². The molecule has 1 saturated heterocycles. The predicted octanol–water partition coefficient (Wildman–Crippen LogP) is 2.52. The SMILES string of the molecule is Cc1c(C(=O)N2c3ccccc3CC2C)nnn1C1CCNCC1.Cl. The molecular weight excluding hydrogens is 338 g/mol. The lowest BCUT2D eigenvalue weighted by Gasteiger charge is -2.24. The van der Waals surface area contributed by atoms with Gasteiger partial charge in [0.1, 0.15) is 0 Å². The highest BCUT2D eigenvalue weighted by atomic mass is 35.5. The Hall–Kier alpha value is -1.92. The summed E-state index contributed by atoms with van der Waals surface area (Å²) in [5.41, 5.74) is 3.59. The van der Waals surface area contributed by atoms with Gasteiger partial charge in [0.05, 0.1) is 11.7 Å². The van der Waals surface area contributed by atoms with Crippen LogP contribution in [0.4, 0.5) is 5.69 Å². The van der Waals surface area contributed by atoms with Gasteiger partial charge in [-0.05, 0) is 57.8 Å². The summed E-state index contributed by atoms with van der Waals surface area (Å²) in [5.74, 6) is -0.0369. The molecule has 1 atom stereocenters. The third-order valence-corrected chi connectivity index (χ3v) is 5.21. The first kappa shape index (κ1) is 17.9. The van der Waals surface area contributed by atoms with E-state index in [9.17, 15) is 4.79 Å². The number of aromatic nitrogens is 3. The molecular formula is C18H24ClN5O. The number of nitrogens with one attached hydrogen (secondary N) is 1. The molecule has 0 bridgehead atoms. The van der Waals surface area contributed by atoms with E-state index < -0.39 is 0 Å². The minimum absolute atomic E-state index is 0. The predicted molar refractivity (Wildman–Crippen MR) is 99.6 cm³/mol. The number of nitrogens with zero attached hydrogens (tertiary/aromatic N) is 4. The second-order valence-electron chi connectivity index (χ2n) is 6.81. The zero-order valence-corrected chi connectivity index (χ0v) is 15.4. The van der Waals surface area contributed by atoms with Gasteiger partial charge in [-0.25, -0.2) is 4.68 Å². The summed E-state index contributed by atoms with van der Waals surface area (Å²) in [7, 11) is 0. The van der Waals surface area contributed by atoms with Crippen LogP contribution < -0.4 is 10.2 Å². The number of anilines is 1. The van der Waals surface area contributed by atoms with Crippen LogP contribution in [0.5, 0.6) is 0 Å². The summed E-state index contributed by atoms with van der Waals surface area (Å²) >= 11 is 0. The molecule has 1 aromatic carbocycles. The molecule has 1 unspecified atom stereocenters. The largest absolute Gasteiger partial charge is 0.317 e. The highest BCUT2D eigenvalue weighted by Crippen LogP contribution is 2.33. The minimum atomic E-state index is -0.0369. The van der Waals surface area contributed by atoms with Gasteiger partial charge < -0.3 is 10.2 Å². The van der Waals surface area contributed by atoms with E-state index in [1.807, 2.05) is 34.7 Å². The number of para-hydroxylation sites is 1. The molecule has 2 aromatic rings. The van der Waals surface area contributed by atoms with E-state index >= 15 is 0 Å². The maximum absolute atomic E-state index is 13.1. The molecule has 7 heteroatoms. The van der Waals surface area contributed by atoms with Crippen LogP contribution in [0.15, 0.2) is 24.3 Å². The number of hydrogen-bond acceptors (Lipinski definition) is 4. The highest BCUT2D eigenvalue weighted by molar-refractivity contribution is 6.07. The summed E-state index contributed by atoms with van der Waals surface area (Å²) < 4.78 is 1.95. The summed E-state index contributed by atoms with van der Waals surface area (Å²) in [6.07, 6.45) is 2.95. The Labute approximate surface area is 154 Å². The molecule has 4 rings (SSSR count). The quantitative estimate of drug-likeness (QED) is 0.892. The fourth-order valence-electron chi connectivity index (χ4n) is 3.93. The van der Waals surface area contributed by atoms with Gasteiger partial charge in [0.15, 0.2) is 5.69 Å². The number of piperidine rings is 1. The van der Waals surface area contributed by atoms with Gasteiger partial charge in [-0.1, -0.05) is 23.4 Å². The molecule has 0 saturated carbocycles. The van der Waals surface area contributed by atoms with Gasteiger partial charge in [0.25, 0.3) is 5.91 Å². The van der Waals surface area contributed by atoms with Crippen molar-refractivity contribution in [1.29, 1.82) is 0 Å². The maximum Gasteiger partial charge on any atom is 0.281 e. The van der Waals surface area contributed by atoms with Gasteiger partial charge in [-0.3, -0.25) is 4.79 Å². The van der Waals surface area contributed by atoms with Crippen molar-refractivity contribution in [3.8, 4) is 0 Å². The first-order valence-corrected chi connectivity index (χ1v) is 8.71. The standard InChI is InChI=1S/C18H23N5O.ClH/c1-12-11-14-5-3-4-6-16(14)22(12)18(24)17-13(2)23(21-20-17)15-7-9-19-10-8-15;/h3-6,12,15,19H,7-11H2,1-2H3;1H. The zero-order valence-electron chi connectivity index (χ0n) is 14.6. The normalized spacial score (nSPS) is 20.2. The van der Waals surface area contributed by atoms with Crippen LogP contribution >= 0.6 is 12.4 Å². The summed E-state index contributed by atoms with van der Waals surface area (Å²) in [5, 5.41) is 11.9. The Bertz CT molecular complexity index is 769. The monoisotopic (exact) mass is 361 g/mol. The van der Waals surface area contributed by atoms with E-state index in [1.54, 1.807) is 0 Å². The van der Waals surface area contributed by atoms with Crippen LogP contribution in [0.2, 0.25) is 0 Å². The van der Waals surface area contributed by atoms with Crippen molar-refractivity contribution < 1.29 is 4.79 Å². The van der Waals surface area contributed by atoms with Crippen molar-refractivity contribution in [2.24, 2.45) is 0 Å². The molecule has 3 heterocycles. The number of benzene rings is 1. The number of rotatable bonds is 2. The molecule has 0 aliphatic carbocycles. The van der Waals surface area contributed by atoms with Gasteiger partial charge in [-0.15, -0.1) is 17.5 Å². The molecule has 0 spiro atoms. The molecule has 1 N–H and O–H groups in total. The van der Waals surface area contributed by atoms with Crippen LogP contribution in [-0.4, -0.2) is 40.0 Å². The maximum atomic E-state index is 13.1. The molecule has 1 amide bonds. The first-order valence-electron chi connectivity index (χ1n) is 8.71. The van der Waals surface area contributed by atoms with Crippen LogP contribution in [0.1, 0.15) is 47.6 Å². The van der Waals surface area contributed by atoms with Crippen molar-refractivity contribution >= 4 is 24.0 Å². The molecule has 6 nitrogen and oxygen atoms in total. The Morgan fingerprint density at radius 1 is 1.24 bits per heavy atom. The van der Waals surface area contributed by atoms with E-state index in [4.69, 9.17) is 0 Å². The average molecular weight is 362 g/mol. The molecule has 25 heavy (non-hydrogen) atoms. The van der Waals surface area contributed by atoms with Gasteiger partial charge >= 0.3 is 0 Å². The number of halogens is 1. The number of hydrogen-bond donors (Lipinski definition) is 1. The smallest absolute Gasteiger partial charge is 0.281 e. The summed E-state index contributed by atoms with van der Waals surface area (Å²) in [6, 6.07) is 8.61. The first-order chi connectivity index (χ1) is 11.7. The second kappa shape index (κ2) is 7.14. The van der Waals surface area contributed by atoms with Crippen LogP contribution in [0.25, 0.3) is 0 Å².